The zero-order valence-electron chi connectivity index (χ0n) is 9.64. The normalized spacial score (nSPS) is 10.1. The number of aliphatic hydroxyl groups excluding tert-OH is 1. The van der Waals surface area contributed by atoms with E-state index in [1.54, 1.807) is 0 Å². The second-order valence-corrected chi connectivity index (χ2v) is 3.01. The van der Waals surface area contributed by atoms with E-state index in [0.717, 1.165) is 0 Å². The van der Waals surface area contributed by atoms with Gasteiger partial charge in [0.15, 0.2) is 11.6 Å². The number of aromatic nitrogens is 2. The monoisotopic (exact) mass is 243 g/mol. The Bertz CT molecular complexity index is 336. The number of nitrogens with zero attached hydrogens (tertiary/aromatic N) is 2. The summed E-state index contributed by atoms with van der Waals surface area (Å²) in [7, 11) is 1.51. The lowest BCUT2D eigenvalue weighted by atomic mass is 10.4. The van der Waals surface area contributed by atoms with E-state index in [0.29, 0.717) is 37.1 Å². The number of nitrogens with one attached hydrogen (secondary N) is 2. The molecule has 1 rings (SSSR count). The van der Waals surface area contributed by atoms with E-state index in [9.17, 15) is 0 Å². The van der Waals surface area contributed by atoms with Gasteiger partial charge in [0.05, 0.1) is 26.9 Å². The van der Waals surface area contributed by atoms with Gasteiger partial charge in [-0.15, -0.1) is 0 Å². The van der Waals surface area contributed by atoms with Crippen molar-refractivity contribution >= 4 is 11.6 Å². The van der Waals surface area contributed by atoms with E-state index in [1.165, 1.54) is 13.4 Å². The molecule has 0 fully saturated rings. The average Bonchev–Trinajstić information content (AvgIpc) is 2.38. The molecule has 0 bridgehead atoms. The van der Waals surface area contributed by atoms with Crippen LogP contribution in [-0.2, 0) is 4.74 Å². The van der Waals surface area contributed by atoms with Gasteiger partial charge in [-0.1, -0.05) is 0 Å². The third-order valence-corrected chi connectivity index (χ3v) is 1.92. The van der Waals surface area contributed by atoms with Crippen molar-refractivity contribution in [2.45, 2.75) is 0 Å². The van der Waals surface area contributed by atoms with Gasteiger partial charge in [0.25, 0.3) is 0 Å². The maximum Gasteiger partial charge on any atom is 0.205 e. The molecular weight excluding hydrogens is 226 g/mol. The zero-order chi connectivity index (χ0) is 12.5. The summed E-state index contributed by atoms with van der Waals surface area (Å²) < 4.78 is 10.2. The highest BCUT2D eigenvalue weighted by Gasteiger charge is 2.10. The molecule has 0 aliphatic heterocycles. The van der Waals surface area contributed by atoms with Gasteiger partial charge in [0.1, 0.15) is 6.33 Å². The van der Waals surface area contributed by atoms with Gasteiger partial charge >= 0.3 is 0 Å². The van der Waals surface area contributed by atoms with E-state index in [2.05, 4.69) is 20.7 Å². The lowest BCUT2D eigenvalue weighted by molar-refractivity contribution is 0.0991. The SMILES string of the molecule is COc1c(NN)ncnc1NCCOCCO. The first-order chi connectivity index (χ1) is 8.33. The van der Waals surface area contributed by atoms with E-state index in [1.807, 2.05) is 0 Å². The minimum atomic E-state index is 0.0120. The molecule has 0 saturated carbocycles. The molecule has 1 aromatic rings. The van der Waals surface area contributed by atoms with Gasteiger partial charge in [0, 0.05) is 6.54 Å². The predicted molar refractivity (Wildman–Crippen MR) is 62.8 cm³/mol. The smallest absolute Gasteiger partial charge is 0.205 e. The molecule has 0 radical (unpaired) electrons. The molecule has 0 aliphatic rings. The Labute approximate surface area is 99.1 Å². The van der Waals surface area contributed by atoms with E-state index in [-0.39, 0.29) is 6.61 Å². The van der Waals surface area contributed by atoms with Crippen molar-refractivity contribution in [3.8, 4) is 5.75 Å². The highest BCUT2D eigenvalue weighted by atomic mass is 16.5. The van der Waals surface area contributed by atoms with Crippen molar-refractivity contribution in [3.63, 3.8) is 0 Å². The lowest BCUT2D eigenvalue weighted by Gasteiger charge is -2.12. The summed E-state index contributed by atoms with van der Waals surface area (Å²) in [5.41, 5.74) is 2.42. The fourth-order valence-corrected chi connectivity index (χ4v) is 1.20. The lowest BCUT2D eigenvalue weighted by Crippen LogP contribution is -2.15. The third-order valence-electron chi connectivity index (χ3n) is 1.92. The number of hydrogen-bond donors (Lipinski definition) is 4. The first-order valence-corrected chi connectivity index (χ1v) is 5.11. The first kappa shape index (κ1) is 13.4. The highest BCUT2D eigenvalue weighted by Crippen LogP contribution is 2.27. The molecule has 0 aromatic carbocycles. The predicted octanol–water partition coefficient (Wildman–Crippen LogP) is -0.808. The second-order valence-electron chi connectivity index (χ2n) is 3.01. The van der Waals surface area contributed by atoms with E-state index < -0.39 is 0 Å². The Balaban J connectivity index is 2.52. The van der Waals surface area contributed by atoms with Crippen LogP contribution in [0.4, 0.5) is 11.6 Å². The van der Waals surface area contributed by atoms with Gasteiger partial charge in [0.2, 0.25) is 5.75 Å². The van der Waals surface area contributed by atoms with Gasteiger partial charge in [-0.2, -0.15) is 0 Å². The van der Waals surface area contributed by atoms with Gasteiger partial charge in [-0.25, -0.2) is 15.8 Å². The molecule has 0 unspecified atom stereocenters. The molecule has 96 valence electrons. The molecule has 0 atom stereocenters. The quantitative estimate of drug-likeness (QED) is 0.266. The Morgan fingerprint density at radius 1 is 1.35 bits per heavy atom. The van der Waals surface area contributed by atoms with Crippen LogP contribution in [-0.4, -0.2) is 48.5 Å². The average molecular weight is 243 g/mol. The van der Waals surface area contributed by atoms with Gasteiger partial charge < -0.3 is 25.3 Å². The molecule has 8 nitrogen and oxygen atoms in total. The number of rotatable bonds is 8. The van der Waals surface area contributed by atoms with Crippen molar-refractivity contribution in [2.75, 3.05) is 44.2 Å². The third kappa shape index (κ3) is 4.02. The van der Waals surface area contributed by atoms with E-state index >= 15 is 0 Å². The Morgan fingerprint density at radius 2 is 2.12 bits per heavy atom. The minimum absolute atomic E-state index is 0.0120. The van der Waals surface area contributed by atoms with Crippen LogP contribution >= 0.6 is 0 Å². The second kappa shape index (κ2) is 7.60. The van der Waals surface area contributed by atoms with Crippen molar-refractivity contribution in [1.82, 2.24) is 9.97 Å². The molecule has 17 heavy (non-hydrogen) atoms. The number of aliphatic hydroxyl groups is 1. The number of ether oxygens (including phenoxy) is 2. The Hall–Kier alpha value is -1.64. The standard InChI is InChI=1S/C9H17N5O3/c1-16-7-8(11-2-4-17-5-3-15)12-6-13-9(7)14-10/h6,15H,2-5,10H2,1H3,(H2,11,12,13,14). The molecule has 5 N–H and O–H groups in total. The Kier molecular flexibility index (Phi) is 6.00. The largest absolute Gasteiger partial charge is 0.490 e. The molecule has 0 aliphatic carbocycles. The fourth-order valence-electron chi connectivity index (χ4n) is 1.20. The number of hydrogen-bond acceptors (Lipinski definition) is 8. The molecular formula is C9H17N5O3. The number of nitrogen functional groups attached to an aromatic ring is 1. The van der Waals surface area contributed by atoms with Crippen LogP contribution in [0.2, 0.25) is 0 Å². The molecule has 0 spiro atoms. The molecule has 0 saturated heterocycles. The number of hydrazine groups is 1. The summed E-state index contributed by atoms with van der Waals surface area (Å²) in [6, 6.07) is 0. The van der Waals surface area contributed by atoms with Crippen molar-refractivity contribution in [2.24, 2.45) is 5.84 Å². The summed E-state index contributed by atoms with van der Waals surface area (Å²) >= 11 is 0. The maximum atomic E-state index is 8.52. The van der Waals surface area contributed by atoms with Crippen LogP contribution in [0.5, 0.6) is 5.75 Å². The van der Waals surface area contributed by atoms with Crippen molar-refractivity contribution in [1.29, 1.82) is 0 Å². The fraction of sp³-hybridized carbons (Fsp3) is 0.556. The summed E-state index contributed by atoms with van der Waals surface area (Å²) in [4.78, 5) is 7.94. The number of nitrogens with two attached hydrogens (primary N) is 1. The summed E-state index contributed by atoms with van der Waals surface area (Å²) in [5, 5.41) is 11.5. The molecule has 8 heteroatoms. The highest BCUT2D eigenvalue weighted by molar-refractivity contribution is 5.62. The van der Waals surface area contributed by atoms with Crippen LogP contribution in [0.15, 0.2) is 6.33 Å². The molecule has 1 aromatic heterocycles. The maximum absolute atomic E-state index is 8.52. The minimum Gasteiger partial charge on any atom is -0.490 e. The topological polar surface area (TPSA) is 115 Å². The van der Waals surface area contributed by atoms with Crippen LogP contribution in [0.1, 0.15) is 0 Å². The zero-order valence-corrected chi connectivity index (χ0v) is 9.64. The molecule has 1 heterocycles. The van der Waals surface area contributed by atoms with Crippen molar-refractivity contribution < 1.29 is 14.6 Å². The summed E-state index contributed by atoms with van der Waals surface area (Å²) in [6.07, 6.45) is 1.37. The summed E-state index contributed by atoms with van der Waals surface area (Å²) in [6.45, 7) is 1.33. The van der Waals surface area contributed by atoms with Crippen molar-refractivity contribution in [3.05, 3.63) is 6.33 Å². The first-order valence-electron chi connectivity index (χ1n) is 5.11. The van der Waals surface area contributed by atoms with Crippen LogP contribution < -0.4 is 21.3 Å². The molecule has 0 amide bonds. The van der Waals surface area contributed by atoms with Crippen LogP contribution in [0, 0.1) is 0 Å². The Morgan fingerprint density at radius 3 is 2.76 bits per heavy atom. The number of methoxy groups -OCH3 is 1. The van der Waals surface area contributed by atoms with Crippen LogP contribution in [0.3, 0.4) is 0 Å². The van der Waals surface area contributed by atoms with Crippen LogP contribution in [0.25, 0.3) is 0 Å². The summed E-state index contributed by atoms with van der Waals surface area (Å²) in [5.74, 6) is 6.67. The number of anilines is 2. The van der Waals surface area contributed by atoms with Gasteiger partial charge in [-0.05, 0) is 0 Å². The van der Waals surface area contributed by atoms with Gasteiger partial charge in [-0.3, -0.25) is 0 Å². The van der Waals surface area contributed by atoms with E-state index in [4.69, 9.17) is 20.4 Å².